The molecule has 3 N–H and O–H groups in total. The van der Waals surface area contributed by atoms with E-state index in [-0.39, 0.29) is 18.8 Å². The number of rotatable bonds is 7. The maximum absolute atomic E-state index is 13.7. The van der Waals surface area contributed by atoms with E-state index in [2.05, 4.69) is 5.32 Å². The van der Waals surface area contributed by atoms with Crippen molar-refractivity contribution in [1.29, 1.82) is 0 Å². The summed E-state index contributed by atoms with van der Waals surface area (Å²) in [5, 5.41) is 16.9. The largest absolute Gasteiger partial charge is 0.617 e. The fraction of sp³-hybridized carbons (Fsp3) is 0.833. The number of carbonyl (C=O) groups excluding carboxylic acids is 3. The molecule has 0 aromatic heterocycles. The molecule has 1 rings (SSSR count). The van der Waals surface area contributed by atoms with Crippen LogP contribution in [0.3, 0.4) is 0 Å². The van der Waals surface area contributed by atoms with Crippen molar-refractivity contribution in [2.24, 2.45) is 17.1 Å². The van der Waals surface area contributed by atoms with E-state index in [1.165, 1.54) is 13.8 Å². The highest BCUT2D eigenvalue weighted by atomic mass is 16.6. The molecule has 1 heterocycles. The highest BCUT2D eigenvalue weighted by molar-refractivity contribution is 5.91. The number of nitrogens with two attached hydrogens (primary N) is 1. The van der Waals surface area contributed by atoms with E-state index in [1.807, 2.05) is 13.8 Å². The Labute approximate surface area is 150 Å². The van der Waals surface area contributed by atoms with Crippen LogP contribution in [0.1, 0.15) is 66.2 Å². The lowest BCUT2D eigenvalue weighted by Crippen LogP contribution is -2.63. The van der Waals surface area contributed by atoms with Gasteiger partial charge in [0.15, 0.2) is 0 Å². The number of carbonyl (C=O) groups is 3. The Morgan fingerprint density at radius 2 is 1.88 bits per heavy atom. The van der Waals surface area contributed by atoms with Gasteiger partial charge in [0.05, 0.1) is 11.8 Å². The average molecular weight is 355 g/mol. The van der Waals surface area contributed by atoms with E-state index in [0.717, 1.165) is 13.0 Å². The summed E-state index contributed by atoms with van der Waals surface area (Å²) in [6, 6.07) is -0.602. The Kier molecular flexibility index (Phi) is 7.71. The second-order valence-electron chi connectivity index (χ2n) is 8.15. The number of hydrogen-bond acceptors (Lipinski definition) is 5. The van der Waals surface area contributed by atoms with Gasteiger partial charge in [-0.1, -0.05) is 13.8 Å². The molecule has 2 unspecified atom stereocenters. The number of primary amides is 1. The van der Waals surface area contributed by atoms with E-state index in [9.17, 15) is 19.6 Å². The maximum Gasteiger partial charge on any atom is 0.327 e. The standard InChI is InChI=1S/C18H33N3O4/c1-13(2)7-8-16(23)21(25,14-6-5-10-20-11-9-14)17(24)18(3,4)12-15(19)22/h13-14,20H,5-12H2,1-4H3,(H2,19,22). The first-order valence-electron chi connectivity index (χ1n) is 9.19. The Morgan fingerprint density at radius 3 is 2.44 bits per heavy atom. The average Bonchev–Trinajstić information content (AvgIpc) is 2.79. The number of hydrogen-bond donors (Lipinski definition) is 2. The number of hydroxylamine groups is 3. The summed E-state index contributed by atoms with van der Waals surface area (Å²) in [4.78, 5) is 37.3. The van der Waals surface area contributed by atoms with Crippen molar-refractivity contribution in [3.05, 3.63) is 5.21 Å². The van der Waals surface area contributed by atoms with Crippen LogP contribution in [0, 0.1) is 16.5 Å². The first-order valence-corrected chi connectivity index (χ1v) is 9.19. The van der Waals surface area contributed by atoms with Crippen molar-refractivity contribution in [3.63, 3.8) is 0 Å². The molecule has 1 aliphatic rings. The first-order chi connectivity index (χ1) is 11.5. The van der Waals surface area contributed by atoms with Gasteiger partial charge in [-0.2, -0.15) is 0 Å². The monoisotopic (exact) mass is 355 g/mol. The van der Waals surface area contributed by atoms with Crippen LogP contribution in [-0.4, -0.2) is 41.5 Å². The number of nitrogens with one attached hydrogen (secondary N) is 1. The zero-order chi connectivity index (χ0) is 19.3. The number of nitrogens with zero attached hydrogens (tertiary/aromatic N) is 1. The zero-order valence-electron chi connectivity index (χ0n) is 16.0. The lowest BCUT2D eigenvalue weighted by Gasteiger charge is -2.46. The molecule has 0 aromatic carbocycles. The van der Waals surface area contributed by atoms with Gasteiger partial charge in [0.1, 0.15) is 6.04 Å². The van der Waals surface area contributed by atoms with Crippen LogP contribution in [0.2, 0.25) is 0 Å². The van der Waals surface area contributed by atoms with Gasteiger partial charge in [-0.3, -0.25) is 4.79 Å². The molecule has 0 aromatic rings. The van der Waals surface area contributed by atoms with Crippen LogP contribution in [0.5, 0.6) is 0 Å². The number of imide groups is 1. The topological polar surface area (TPSA) is 112 Å². The first kappa shape index (κ1) is 21.7. The fourth-order valence-corrected chi connectivity index (χ4v) is 3.39. The van der Waals surface area contributed by atoms with E-state index in [0.29, 0.717) is 25.8 Å². The Bertz CT molecular complexity index is 497. The summed E-state index contributed by atoms with van der Waals surface area (Å²) < 4.78 is -1.46. The molecule has 0 bridgehead atoms. The van der Waals surface area contributed by atoms with Gasteiger partial charge in [-0.05, 0) is 39.2 Å². The molecule has 2 atom stereocenters. The Morgan fingerprint density at radius 1 is 1.24 bits per heavy atom. The molecule has 1 aliphatic heterocycles. The molecular formula is C18H33N3O4. The third-order valence-electron chi connectivity index (χ3n) is 4.86. The van der Waals surface area contributed by atoms with Gasteiger partial charge < -0.3 is 16.3 Å². The Hall–Kier alpha value is -1.31. The van der Waals surface area contributed by atoms with Crippen molar-refractivity contribution >= 4 is 17.7 Å². The molecule has 7 heteroatoms. The van der Waals surface area contributed by atoms with Gasteiger partial charge in [0.2, 0.25) is 5.91 Å². The van der Waals surface area contributed by atoms with E-state index in [1.54, 1.807) is 0 Å². The summed E-state index contributed by atoms with van der Waals surface area (Å²) in [6.45, 7) is 8.37. The van der Waals surface area contributed by atoms with Crippen LogP contribution in [0.15, 0.2) is 0 Å². The van der Waals surface area contributed by atoms with Gasteiger partial charge in [0.25, 0.3) is 0 Å². The minimum Gasteiger partial charge on any atom is -0.617 e. The second-order valence-corrected chi connectivity index (χ2v) is 8.15. The van der Waals surface area contributed by atoms with Crippen LogP contribution in [-0.2, 0) is 14.4 Å². The van der Waals surface area contributed by atoms with Crippen LogP contribution >= 0.6 is 0 Å². The molecule has 1 fully saturated rings. The van der Waals surface area contributed by atoms with Crippen LogP contribution in [0.25, 0.3) is 0 Å². The Balaban J connectivity index is 3.18. The SMILES string of the molecule is CC(C)CCC(=O)[N+]([O-])(C(=O)C(C)(C)CC(N)=O)C1CCCNCC1. The predicted molar refractivity (Wildman–Crippen MR) is 95.8 cm³/mol. The third-order valence-corrected chi connectivity index (χ3v) is 4.86. The fourth-order valence-electron chi connectivity index (χ4n) is 3.39. The van der Waals surface area contributed by atoms with E-state index >= 15 is 0 Å². The number of quaternary nitrogens is 1. The van der Waals surface area contributed by atoms with Gasteiger partial charge in [0, 0.05) is 25.8 Å². The van der Waals surface area contributed by atoms with Gasteiger partial charge in [-0.25, -0.2) is 14.2 Å². The third kappa shape index (κ3) is 5.59. The van der Waals surface area contributed by atoms with Gasteiger partial charge >= 0.3 is 11.8 Å². The second kappa shape index (κ2) is 8.87. The molecule has 0 radical (unpaired) electrons. The van der Waals surface area contributed by atoms with Crippen molar-refractivity contribution in [3.8, 4) is 0 Å². The minimum atomic E-state index is -1.46. The van der Waals surface area contributed by atoms with Gasteiger partial charge in [-0.15, -0.1) is 0 Å². The smallest absolute Gasteiger partial charge is 0.327 e. The van der Waals surface area contributed by atoms with Crippen molar-refractivity contribution < 1.29 is 19.0 Å². The molecule has 1 saturated heterocycles. The van der Waals surface area contributed by atoms with Crippen molar-refractivity contribution in [1.82, 2.24) is 5.32 Å². The molecular weight excluding hydrogens is 322 g/mol. The van der Waals surface area contributed by atoms with E-state index < -0.39 is 33.8 Å². The lowest BCUT2D eigenvalue weighted by atomic mass is 9.85. The van der Waals surface area contributed by atoms with Crippen LogP contribution in [0.4, 0.5) is 0 Å². The summed E-state index contributed by atoms with van der Waals surface area (Å²) >= 11 is 0. The van der Waals surface area contributed by atoms with E-state index in [4.69, 9.17) is 5.73 Å². The number of amides is 3. The van der Waals surface area contributed by atoms with Crippen molar-refractivity contribution in [2.75, 3.05) is 13.1 Å². The highest BCUT2D eigenvalue weighted by Crippen LogP contribution is 2.33. The summed E-state index contributed by atoms with van der Waals surface area (Å²) in [6.07, 6.45) is 2.13. The lowest BCUT2D eigenvalue weighted by molar-refractivity contribution is -0.760. The summed E-state index contributed by atoms with van der Waals surface area (Å²) in [7, 11) is 0. The molecule has 7 nitrogen and oxygen atoms in total. The van der Waals surface area contributed by atoms with Crippen molar-refractivity contribution in [2.45, 2.75) is 72.3 Å². The zero-order valence-corrected chi connectivity index (χ0v) is 16.0. The molecule has 25 heavy (non-hydrogen) atoms. The maximum atomic E-state index is 13.7. The summed E-state index contributed by atoms with van der Waals surface area (Å²) in [5.41, 5.74) is 3.98. The minimum absolute atomic E-state index is 0.0729. The molecule has 0 saturated carbocycles. The highest BCUT2D eigenvalue weighted by Gasteiger charge is 2.50. The molecule has 3 amide bonds. The predicted octanol–water partition coefficient (Wildman–Crippen LogP) is 1.83. The summed E-state index contributed by atoms with van der Waals surface area (Å²) in [5.74, 6) is -1.72. The molecule has 0 spiro atoms. The quantitative estimate of drug-likeness (QED) is 0.534. The normalized spacial score (nSPS) is 21.4. The van der Waals surface area contributed by atoms with Crippen LogP contribution < -0.4 is 11.1 Å². The molecule has 144 valence electrons. The molecule has 0 aliphatic carbocycles.